The quantitative estimate of drug-likeness (QED) is 0.333. The number of benzene rings is 1. The molecule has 1 fully saturated rings. The largest absolute Gasteiger partial charge is 0.418 e. The summed E-state index contributed by atoms with van der Waals surface area (Å²) < 4.78 is 46.2. The minimum absolute atomic E-state index is 0.0144. The van der Waals surface area contributed by atoms with E-state index in [1.54, 1.807) is 12.4 Å². The number of aliphatic hydroxyl groups excluding tert-OH is 1. The zero-order chi connectivity index (χ0) is 26.2. The number of nitrogens with zero attached hydrogens (tertiary/aromatic N) is 5. The Morgan fingerprint density at radius 1 is 1.22 bits per heavy atom. The average molecular weight is 515 g/mol. The molecule has 0 aliphatic heterocycles. The molecule has 37 heavy (non-hydrogen) atoms. The number of nitrogens with one attached hydrogen (secondary N) is 1. The van der Waals surface area contributed by atoms with Crippen LogP contribution in [0.1, 0.15) is 54.1 Å². The van der Waals surface area contributed by atoms with Crippen molar-refractivity contribution in [1.82, 2.24) is 29.0 Å². The first kappa shape index (κ1) is 25.2. The maximum atomic E-state index is 14.0. The van der Waals surface area contributed by atoms with Gasteiger partial charge in [-0.15, -0.1) is 10.2 Å². The van der Waals surface area contributed by atoms with Crippen molar-refractivity contribution < 1.29 is 18.3 Å². The van der Waals surface area contributed by atoms with Gasteiger partial charge >= 0.3 is 11.9 Å². The summed E-state index contributed by atoms with van der Waals surface area (Å²) in [5, 5.41) is 20.3. The van der Waals surface area contributed by atoms with E-state index in [-0.39, 0.29) is 24.6 Å². The molecule has 3 aromatic heterocycles. The van der Waals surface area contributed by atoms with Gasteiger partial charge in [0.25, 0.3) is 0 Å². The van der Waals surface area contributed by atoms with E-state index < -0.39 is 17.4 Å². The van der Waals surface area contributed by atoms with Crippen molar-refractivity contribution in [2.45, 2.75) is 44.3 Å². The van der Waals surface area contributed by atoms with Crippen LogP contribution in [0.4, 0.5) is 13.2 Å². The van der Waals surface area contributed by atoms with Crippen LogP contribution in [0.25, 0.3) is 11.2 Å². The number of imidazole rings is 1. The van der Waals surface area contributed by atoms with Crippen LogP contribution in [0.5, 0.6) is 0 Å². The van der Waals surface area contributed by atoms with Crippen molar-refractivity contribution in [2.75, 3.05) is 13.2 Å². The fourth-order valence-electron chi connectivity index (χ4n) is 5.04. The fourth-order valence-corrected chi connectivity index (χ4v) is 5.04. The summed E-state index contributed by atoms with van der Waals surface area (Å²) in [4.78, 5) is 13.4. The third-order valence-electron chi connectivity index (χ3n) is 7.12. The van der Waals surface area contributed by atoms with Crippen LogP contribution in [-0.4, -0.2) is 42.0 Å². The highest BCUT2D eigenvalue weighted by Crippen LogP contribution is 2.43. The number of rotatable bonds is 9. The van der Waals surface area contributed by atoms with Gasteiger partial charge in [0.05, 0.1) is 16.8 Å². The smallest absolute Gasteiger partial charge is 0.396 e. The monoisotopic (exact) mass is 514 g/mol. The Morgan fingerprint density at radius 3 is 2.68 bits per heavy atom. The van der Waals surface area contributed by atoms with Gasteiger partial charge in [0, 0.05) is 38.5 Å². The summed E-state index contributed by atoms with van der Waals surface area (Å²) in [5.74, 6) is 1.20. The Kier molecular flexibility index (Phi) is 6.91. The lowest BCUT2D eigenvalue weighted by atomic mass is 9.72. The number of halogens is 3. The summed E-state index contributed by atoms with van der Waals surface area (Å²) in [7, 11) is 1.89. The zero-order valence-corrected chi connectivity index (χ0v) is 20.4. The molecule has 1 aromatic carbocycles. The molecule has 4 aromatic rings. The molecule has 11 heteroatoms. The number of aryl methyl sites for hydroxylation is 1. The lowest BCUT2D eigenvalue weighted by Gasteiger charge is -2.33. The van der Waals surface area contributed by atoms with E-state index >= 15 is 0 Å². The molecule has 0 unspecified atom stereocenters. The number of aromatic nitrogens is 5. The second-order valence-electron chi connectivity index (χ2n) is 9.61. The maximum absolute atomic E-state index is 14.0. The van der Waals surface area contributed by atoms with Gasteiger partial charge in [-0.3, -0.25) is 8.97 Å². The predicted octanol–water partition coefficient (Wildman–Crippen LogP) is 3.64. The first-order valence-electron chi connectivity index (χ1n) is 12.4. The molecule has 2 N–H and O–H groups in total. The van der Waals surface area contributed by atoms with E-state index in [1.807, 2.05) is 29.8 Å². The topological polar surface area (TPSA) is 89.4 Å². The first-order chi connectivity index (χ1) is 17.8. The number of pyridine rings is 1. The Labute approximate surface area is 211 Å². The molecular formula is C26H29F3N6O2. The summed E-state index contributed by atoms with van der Waals surface area (Å²) in [6.07, 6.45) is 3.46. The standard InChI is InChI=1S/C26H29F3N6O2/c1-33-16-31-32-24(33)23(18-5-2-6-18)19-7-3-8-20(12-19)34-15-22-21(26(27,28)29)11-17(13-30-9-4-10-36)14-35(22)25(34)37/h3,7-8,11-12,14-16,18,23,30,36H,2,4-6,9-10,13H2,1H3/t23-/m1/s1. The molecule has 1 aliphatic rings. The van der Waals surface area contributed by atoms with E-state index in [9.17, 15) is 18.0 Å². The highest BCUT2D eigenvalue weighted by molar-refractivity contribution is 5.58. The number of fused-ring (bicyclic) bond motifs is 1. The molecule has 1 atom stereocenters. The van der Waals surface area contributed by atoms with Crippen LogP contribution in [0.2, 0.25) is 0 Å². The van der Waals surface area contributed by atoms with Crippen molar-refractivity contribution in [3.8, 4) is 5.69 Å². The lowest BCUT2D eigenvalue weighted by Crippen LogP contribution is -2.24. The van der Waals surface area contributed by atoms with Gasteiger partial charge in [-0.1, -0.05) is 18.6 Å². The Hall–Kier alpha value is -3.44. The van der Waals surface area contributed by atoms with Crippen LogP contribution < -0.4 is 11.0 Å². The molecule has 1 aliphatic carbocycles. The van der Waals surface area contributed by atoms with Crippen molar-refractivity contribution in [1.29, 1.82) is 0 Å². The lowest BCUT2D eigenvalue weighted by molar-refractivity contribution is -0.136. The molecule has 3 heterocycles. The number of alkyl halides is 3. The van der Waals surface area contributed by atoms with Gasteiger partial charge in [-0.25, -0.2) is 4.79 Å². The fraction of sp³-hybridized carbons (Fsp3) is 0.423. The van der Waals surface area contributed by atoms with E-state index in [2.05, 4.69) is 15.5 Å². The second-order valence-corrected chi connectivity index (χ2v) is 9.61. The van der Waals surface area contributed by atoms with Gasteiger partial charge in [0.2, 0.25) is 0 Å². The van der Waals surface area contributed by atoms with Gasteiger partial charge < -0.3 is 15.0 Å². The van der Waals surface area contributed by atoms with Gasteiger partial charge in [-0.2, -0.15) is 13.2 Å². The Bertz CT molecular complexity index is 1450. The summed E-state index contributed by atoms with van der Waals surface area (Å²) in [6, 6.07) is 8.46. The molecule has 0 radical (unpaired) electrons. The van der Waals surface area contributed by atoms with Crippen molar-refractivity contribution in [3.63, 3.8) is 0 Å². The average Bonchev–Trinajstić information content (AvgIpc) is 3.41. The minimum atomic E-state index is -4.63. The zero-order valence-electron chi connectivity index (χ0n) is 20.4. The molecule has 1 saturated carbocycles. The molecule has 196 valence electrons. The van der Waals surface area contributed by atoms with E-state index in [1.165, 1.54) is 17.0 Å². The Balaban J connectivity index is 1.58. The minimum Gasteiger partial charge on any atom is -0.396 e. The van der Waals surface area contributed by atoms with Gasteiger partial charge in [-0.05, 0) is 61.1 Å². The van der Waals surface area contributed by atoms with E-state index in [0.29, 0.717) is 30.1 Å². The molecule has 0 bridgehead atoms. The molecule has 0 saturated heterocycles. The Morgan fingerprint density at radius 2 is 2.03 bits per heavy atom. The normalized spacial score (nSPS) is 15.3. The van der Waals surface area contributed by atoms with Crippen LogP contribution in [-0.2, 0) is 19.8 Å². The number of hydrogen-bond donors (Lipinski definition) is 2. The van der Waals surface area contributed by atoms with Crippen molar-refractivity contribution in [3.05, 3.63) is 82.1 Å². The van der Waals surface area contributed by atoms with E-state index in [0.717, 1.165) is 41.1 Å². The third-order valence-corrected chi connectivity index (χ3v) is 7.12. The van der Waals surface area contributed by atoms with E-state index in [4.69, 9.17) is 5.11 Å². The predicted molar refractivity (Wildman–Crippen MR) is 132 cm³/mol. The summed E-state index contributed by atoms with van der Waals surface area (Å²) >= 11 is 0. The molecule has 0 amide bonds. The summed E-state index contributed by atoms with van der Waals surface area (Å²) in [5.41, 5.74) is 0.129. The van der Waals surface area contributed by atoms with Crippen molar-refractivity contribution >= 4 is 5.52 Å². The van der Waals surface area contributed by atoms with Gasteiger partial charge in [0.15, 0.2) is 0 Å². The first-order valence-corrected chi connectivity index (χ1v) is 12.4. The maximum Gasteiger partial charge on any atom is 0.418 e. The van der Waals surface area contributed by atoms with Crippen LogP contribution in [0.3, 0.4) is 0 Å². The highest BCUT2D eigenvalue weighted by atomic mass is 19.4. The van der Waals surface area contributed by atoms with Gasteiger partial charge in [0.1, 0.15) is 12.2 Å². The third kappa shape index (κ3) is 4.93. The van der Waals surface area contributed by atoms with Crippen LogP contribution in [0, 0.1) is 5.92 Å². The number of aliphatic hydroxyl groups is 1. The molecular weight excluding hydrogens is 485 g/mol. The number of hydrogen-bond acceptors (Lipinski definition) is 5. The SMILES string of the molecule is Cn1cnnc1[C@@H](c1cccc(-n2cc3c(C(F)(F)F)cc(CNCCCO)cn3c2=O)c1)C1CCC1. The molecule has 8 nitrogen and oxygen atoms in total. The van der Waals surface area contributed by atoms with Crippen LogP contribution >= 0.6 is 0 Å². The highest BCUT2D eigenvalue weighted by Gasteiger charge is 2.35. The molecule has 5 rings (SSSR count). The summed E-state index contributed by atoms with van der Waals surface area (Å²) in [6.45, 7) is 0.582. The second kappa shape index (κ2) is 10.1. The molecule has 0 spiro atoms. The van der Waals surface area contributed by atoms with Crippen LogP contribution in [0.15, 0.2) is 53.8 Å². The van der Waals surface area contributed by atoms with Crippen molar-refractivity contribution in [2.24, 2.45) is 13.0 Å².